The number of aromatic nitrogens is 2. The van der Waals surface area contributed by atoms with Crippen molar-refractivity contribution < 1.29 is 4.74 Å². The van der Waals surface area contributed by atoms with Crippen molar-refractivity contribution in [2.45, 2.75) is 6.54 Å². The summed E-state index contributed by atoms with van der Waals surface area (Å²) in [4.78, 5) is 8.40. The summed E-state index contributed by atoms with van der Waals surface area (Å²) >= 11 is 4.23. The lowest BCUT2D eigenvalue weighted by atomic mass is 10.2. The minimum Gasteiger partial charge on any atom is -0.497 e. The van der Waals surface area contributed by atoms with Crippen molar-refractivity contribution >= 4 is 28.6 Å². The Bertz CT molecular complexity index is 478. The van der Waals surface area contributed by atoms with Gasteiger partial charge in [-0.2, -0.15) is 0 Å². The molecular formula is C12H13N3OS2. The van der Waals surface area contributed by atoms with Gasteiger partial charge in [-0.1, -0.05) is 23.8 Å². The van der Waals surface area contributed by atoms with Crippen LogP contribution in [0.3, 0.4) is 0 Å². The lowest BCUT2D eigenvalue weighted by Crippen LogP contribution is -2.14. The van der Waals surface area contributed by atoms with Crippen LogP contribution in [0.2, 0.25) is 0 Å². The minimum absolute atomic E-state index is 0.647. The van der Waals surface area contributed by atoms with Crippen LogP contribution in [0.15, 0.2) is 42.7 Å². The number of rotatable bonds is 5. The number of anilines is 1. The zero-order valence-corrected chi connectivity index (χ0v) is 11.6. The first-order valence-corrected chi connectivity index (χ1v) is 7.15. The van der Waals surface area contributed by atoms with Crippen LogP contribution < -0.4 is 9.04 Å². The van der Waals surface area contributed by atoms with E-state index in [1.165, 1.54) is 11.0 Å². The maximum Gasteiger partial charge on any atom is 0.236 e. The summed E-state index contributed by atoms with van der Waals surface area (Å²) in [6, 6.07) is 9.68. The van der Waals surface area contributed by atoms with Crippen LogP contribution >= 0.6 is 22.6 Å². The molecule has 94 valence electrons. The fraction of sp³-hybridized carbons (Fsp3) is 0.167. The molecule has 2 rings (SSSR count). The summed E-state index contributed by atoms with van der Waals surface area (Å²) in [5.74, 6) is 1.49. The predicted octanol–water partition coefficient (Wildman–Crippen LogP) is 2.98. The van der Waals surface area contributed by atoms with Crippen LogP contribution in [0.1, 0.15) is 5.56 Å². The molecule has 0 N–H and O–H groups in total. The number of hydrogen-bond donors (Lipinski definition) is 1. The molecule has 0 saturated heterocycles. The second-order valence-corrected chi connectivity index (χ2v) is 4.61. The zero-order valence-electron chi connectivity index (χ0n) is 9.85. The van der Waals surface area contributed by atoms with E-state index in [1.807, 2.05) is 28.6 Å². The van der Waals surface area contributed by atoms with E-state index >= 15 is 0 Å². The Morgan fingerprint density at radius 1 is 1.22 bits per heavy atom. The van der Waals surface area contributed by atoms with E-state index in [-0.39, 0.29) is 0 Å². The molecule has 0 atom stereocenters. The predicted molar refractivity (Wildman–Crippen MR) is 77.8 cm³/mol. The largest absolute Gasteiger partial charge is 0.497 e. The van der Waals surface area contributed by atoms with Gasteiger partial charge in [-0.05, 0) is 23.8 Å². The van der Waals surface area contributed by atoms with Crippen LogP contribution in [-0.2, 0) is 6.54 Å². The Labute approximate surface area is 115 Å². The summed E-state index contributed by atoms with van der Waals surface area (Å²) in [6.07, 6.45) is 3.43. The van der Waals surface area contributed by atoms with E-state index in [4.69, 9.17) is 4.74 Å². The third kappa shape index (κ3) is 3.30. The zero-order chi connectivity index (χ0) is 12.8. The van der Waals surface area contributed by atoms with Crippen molar-refractivity contribution in [1.29, 1.82) is 0 Å². The van der Waals surface area contributed by atoms with Crippen molar-refractivity contribution in [3.8, 4) is 5.75 Å². The average Bonchev–Trinajstić information content (AvgIpc) is 2.46. The molecule has 1 aromatic carbocycles. The number of nitrogens with zero attached hydrogens (tertiary/aromatic N) is 3. The highest BCUT2D eigenvalue weighted by atomic mass is 33.1. The quantitative estimate of drug-likeness (QED) is 0.517. The van der Waals surface area contributed by atoms with E-state index < -0.39 is 0 Å². The van der Waals surface area contributed by atoms with Crippen LogP contribution in [0.4, 0.5) is 5.95 Å². The molecule has 0 aliphatic carbocycles. The smallest absolute Gasteiger partial charge is 0.236 e. The second-order valence-electron chi connectivity index (χ2n) is 3.52. The standard InChI is InChI=1S/C12H13N3OS2/c1-16-11-5-3-10(4-6-11)9-15(18-17)12-13-7-2-8-14-12/h2-8,17H,9H2,1H3. The molecule has 0 spiro atoms. The Kier molecular flexibility index (Phi) is 4.72. The molecule has 0 saturated carbocycles. The molecule has 0 aliphatic heterocycles. The first-order valence-electron chi connectivity index (χ1n) is 5.32. The molecule has 0 radical (unpaired) electrons. The lowest BCUT2D eigenvalue weighted by Gasteiger charge is -2.18. The van der Waals surface area contributed by atoms with E-state index in [9.17, 15) is 0 Å². The molecule has 0 fully saturated rings. The topological polar surface area (TPSA) is 38.2 Å². The molecular weight excluding hydrogens is 266 g/mol. The van der Waals surface area contributed by atoms with Gasteiger partial charge in [0.2, 0.25) is 5.95 Å². The third-order valence-electron chi connectivity index (χ3n) is 2.36. The molecule has 0 amide bonds. The summed E-state index contributed by atoms with van der Waals surface area (Å²) in [6.45, 7) is 0.683. The molecule has 1 aromatic heterocycles. The highest BCUT2D eigenvalue weighted by Gasteiger charge is 2.09. The summed E-state index contributed by atoms with van der Waals surface area (Å²) < 4.78 is 7.03. The van der Waals surface area contributed by atoms with E-state index in [0.29, 0.717) is 12.5 Å². The van der Waals surface area contributed by atoms with Crippen molar-refractivity contribution in [2.75, 3.05) is 11.4 Å². The molecule has 6 heteroatoms. The highest BCUT2D eigenvalue weighted by molar-refractivity contribution is 8.69. The van der Waals surface area contributed by atoms with E-state index in [0.717, 1.165) is 11.3 Å². The highest BCUT2D eigenvalue weighted by Crippen LogP contribution is 2.23. The van der Waals surface area contributed by atoms with Crippen LogP contribution in [-0.4, -0.2) is 17.1 Å². The second kappa shape index (κ2) is 6.51. The van der Waals surface area contributed by atoms with E-state index in [2.05, 4.69) is 21.6 Å². The maximum absolute atomic E-state index is 5.13. The van der Waals surface area contributed by atoms with Crippen molar-refractivity contribution in [2.24, 2.45) is 0 Å². The Hall–Kier alpha value is -1.40. The fourth-order valence-corrected chi connectivity index (χ4v) is 2.22. The molecule has 18 heavy (non-hydrogen) atoms. The van der Waals surface area contributed by atoms with E-state index in [1.54, 1.807) is 25.6 Å². The third-order valence-corrected chi connectivity index (χ3v) is 3.44. The van der Waals surface area contributed by atoms with Crippen molar-refractivity contribution in [1.82, 2.24) is 9.97 Å². The fourth-order valence-electron chi connectivity index (χ4n) is 1.45. The van der Waals surface area contributed by atoms with Gasteiger partial charge >= 0.3 is 0 Å². The van der Waals surface area contributed by atoms with Crippen LogP contribution in [0.25, 0.3) is 0 Å². The molecule has 1 heterocycles. The van der Waals surface area contributed by atoms with Gasteiger partial charge in [-0.3, -0.25) is 4.31 Å². The molecule has 0 bridgehead atoms. The first-order chi connectivity index (χ1) is 8.83. The summed E-state index contributed by atoms with van der Waals surface area (Å²) in [5.41, 5.74) is 1.14. The lowest BCUT2D eigenvalue weighted by molar-refractivity contribution is 0.414. The normalized spacial score (nSPS) is 10.1. The van der Waals surface area contributed by atoms with Crippen LogP contribution in [0.5, 0.6) is 5.75 Å². The molecule has 0 unspecified atom stereocenters. The number of ether oxygens (including phenoxy) is 1. The maximum atomic E-state index is 5.13. The van der Waals surface area contributed by atoms with Crippen molar-refractivity contribution in [3.63, 3.8) is 0 Å². The monoisotopic (exact) mass is 279 g/mol. The SMILES string of the molecule is COc1ccc(CN(SS)c2ncccn2)cc1. The van der Waals surface area contributed by atoms with Gasteiger partial charge in [0.25, 0.3) is 0 Å². The van der Waals surface area contributed by atoms with Gasteiger partial charge in [-0.15, -0.1) is 0 Å². The number of hydrogen-bond acceptors (Lipinski definition) is 6. The molecule has 0 aliphatic rings. The van der Waals surface area contributed by atoms with Crippen LogP contribution in [0, 0.1) is 0 Å². The number of benzene rings is 1. The molecule has 4 nitrogen and oxygen atoms in total. The first kappa shape index (κ1) is 13.0. The minimum atomic E-state index is 0.647. The summed E-state index contributed by atoms with van der Waals surface area (Å²) in [7, 11) is 2.95. The van der Waals surface area contributed by atoms with Crippen molar-refractivity contribution in [3.05, 3.63) is 48.3 Å². The number of methoxy groups -OCH3 is 1. The Balaban J connectivity index is 2.10. The van der Waals surface area contributed by atoms with Gasteiger partial charge in [0, 0.05) is 23.4 Å². The molecule has 2 aromatic rings. The summed E-state index contributed by atoms with van der Waals surface area (Å²) in [5, 5.41) is 0. The van der Waals surface area contributed by atoms with Gasteiger partial charge < -0.3 is 4.74 Å². The van der Waals surface area contributed by atoms with Gasteiger partial charge in [0.1, 0.15) is 5.75 Å². The van der Waals surface area contributed by atoms with Gasteiger partial charge in [0.15, 0.2) is 0 Å². The van der Waals surface area contributed by atoms with Gasteiger partial charge in [-0.25, -0.2) is 9.97 Å². The number of thiol groups is 1. The average molecular weight is 279 g/mol. The van der Waals surface area contributed by atoms with Gasteiger partial charge in [0.05, 0.1) is 13.7 Å². The Morgan fingerprint density at radius 2 is 1.89 bits per heavy atom. The Morgan fingerprint density at radius 3 is 2.44 bits per heavy atom.